The Morgan fingerprint density at radius 2 is 1.83 bits per heavy atom. The van der Waals surface area contributed by atoms with Gasteiger partial charge >= 0.3 is 0 Å². The third kappa shape index (κ3) is 1.60. The molecule has 0 bridgehead atoms. The van der Waals surface area contributed by atoms with Gasteiger partial charge in [0.2, 0.25) is 0 Å². The average Bonchev–Trinajstić information content (AvgIpc) is 3.01. The molecule has 0 aliphatic heterocycles. The first kappa shape index (κ1) is 12.4. The highest BCUT2D eigenvalue weighted by Gasteiger charge is 2.13. The molecule has 0 aliphatic rings. The van der Waals surface area contributed by atoms with Gasteiger partial charge in [0.15, 0.2) is 0 Å². The van der Waals surface area contributed by atoms with Gasteiger partial charge in [-0.2, -0.15) is 0 Å². The number of ether oxygens (including phenoxy) is 1. The van der Waals surface area contributed by atoms with E-state index in [4.69, 9.17) is 9.72 Å². The van der Waals surface area contributed by atoms with Gasteiger partial charge < -0.3 is 4.74 Å². The highest BCUT2D eigenvalue weighted by Crippen LogP contribution is 2.33. The van der Waals surface area contributed by atoms with Crippen LogP contribution in [0.2, 0.25) is 0 Å². The molecule has 0 N–H and O–H groups in total. The van der Waals surface area contributed by atoms with Crippen LogP contribution < -0.4 is 4.74 Å². The molecule has 0 aliphatic carbocycles. The van der Waals surface area contributed by atoms with Crippen LogP contribution in [0.25, 0.3) is 38.4 Å². The van der Waals surface area contributed by atoms with Crippen molar-refractivity contribution in [2.75, 3.05) is 7.11 Å². The Morgan fingerprint density at radius 1 is 0.913 bits per heavy atom. The number of hydrogen-bond acceptors (Lipinski definition) is 3. The molecule has 4 heteroatoms. The Kier molecular flexibility index (Phi) is 2.39. The zero-order valence-corrected chi connectivity index (χ0v) is 12.5. The predicted molar refractivity (Wildman–Crippen MR) is 92.1 cm³/mol. The molecule has 0 fully saturated rings. The van der Waals surface area contributed by atoms with Crippen molar-refractivity contribution >= 4 is 38.4 Å². The molecule has 110 valence electrons. The summed E-state index contributed by atoms with van der Waals surface area (Å²) in [6.07, 6.45) is 3.74. The Bertz CT molecular complexity index is 1210. The molecule has 2 aromatic carbocycles. The maximum Gasteiger partial charge on any atom is 0.146 e. The van der Waals surface area contributed by atoms with Crippen LogP contribution in [-0.2, 0) is 0 Å². The van der Waals surface area contributed by atoms with E-state index in [1.807, 2.05) is 48.8 Å². The fraction of sp³-hybridized carbons (Fsp3) is 0.0526. The Balaban J connectivity index is 2.17. The van der Waals surface area contributed by atoms with E-state index in [0.29, 0.717) is 0 Å². The molecule has 5 rings (SSSR count). The maximum atomic E-state index is 5.40. The van der Waals surface area contributed by atoms with Crippen molar-refractivity contribution in [3.8, 4) is 5.75 Å². The maximum absolute atomic E-state index is 5.40. The summed E-state index contributed by atoms with van der Waals surface area (Å²) >= 11 is 0. The van der Waals surface area contributed by atoms with E-state index in [0.717, 1.165) is 44.1 Å². The lowest BCUT2D eigenvalue weighted by Gasteiger charge is -2.09. The Hall–Kier alpha value is -3.14. The zero-order valence-electron chi connectivity index (χ0n) is 12.5. The topological polar surface area (TPSA) is 39.4 Å². The summed E-state index contributed by atoms with van der Waals surface area (Å²) in [6.45, 7) is 0. The van der Waals surface area contributed by atoms with Gasteiger partial charge in [-0.1, -0.05) is 12.1 Å². The van der Waals surface area contributed by atoms with Gasteiger partial charge in [-0.25, -0.2) is 4.98 Å². The van der Waals surface area contributed by atoms with E-state index in [2.05, 4.69) is 21.5 Å². The van der Waals surface area contributed by atoms with Crippen LogP contribution in [-0.4, -0.2) is 21.5 Å². The Morgan fingerprint density at radius 3 is 2.74 bits per heavy atom. The largest absolute Gasteiger partial charge is 0.497 e. The van der Waals surface area contributed by atoms with Gasteiger partial charge in [-0.05, 0) is 41.8 Å². The lowest BCUT2D eigenvalue weighted by molar-refractivity contribution is 0.415. The highest BCUT2D eigenvalue weighted by molar-refractivity contribution is 6.13. The number of rotatable bonds is 1. The van der Waals surface area contributed by atoms with Crippen LogP contribution in [0.5, 0.6) is 5.75 Å². The third-order valence-electron chi connectivity index (χ3n) is 4.36. The minimum Gasteiger partial charge on any atom is -0.497 e. The number of imidazole rings is 1. The molecule has 5 aromatic rings. The van der Waals surface area contributed by atoms with Crippen molar-refractivity contribution in [2.45, 2.75) is 0 Å². The molecule has 4 nitrogen and oxygen atoms in total. The van der Waals surface area contributed by atoms with Gasteiger partial charge in [0.1, 0.15) is 11.4 Å². The summed E-state index contributed by atoms with van der Waals surface area (Å²) in [4.78, 5) is 9.17. The van der Waals surface area contributed by atoms with Crippen LogP contribution in [0, 0.1) is 0 Å². The summed E-state index contributed by atoms with van der Waals surface area (Å²) in [7, 11) is 1.68. The number of benzene rings is 2. The zero-order chi connectivity index (χ0) is 15.4. The number of methoxy groups -OCH3 is 1. The quantitative estimate of drug-likeness (QED) is 0.435. The first-order valence-corrected chi connectivity index (χ1v) is 7.47. The number of fused-ring (bicyclic) bond motifs is 8. The number of aromatic nitrogens is 3. The third-order valence-corrected chi connectivity index (χ3v) is 4.36. The molecule has 3 aromatic heterocycles. The number of hydrogen-bond donors (Lipinski definition) is 0. The standard InChI is InChI=1S/C19H13N3O/c1-23-12-6-7-13-14(10-12)19-21-16-4-2-3-5-18(16)22(19)17-8-9-20-11-15(13)17/h2-11H,1H3. The molecule has 0 atom stereocenters. The normalized spacial score (nSPS) is 11.7. The molecular formula is C19H13N3O. The number of pyridine rings is 2. The molecule has 0 radical (unpaired) electrons. The smallest absolute Gasteiger partial charge is 0.146 e. The second kappa shape index (κ2) is 4.43. The molecule has 0 amide bonds. The average molecular weight is 299 g/mol. The summed E-state index contributed by atoms with van der Waals surface area (Å²) < 4.78 is 7.61. The van der Waals surface area contributed by atoms with E-state index >= 15 is 0 Å². The van der Waals surface area contributed by atoms with Crippen molar-refractivity contribution in [1.29, 1.82) is 0 Å². The number of nitrogens with zero attached hydrogens (tertiary/aromatic N) is 3. The van der Waals surface area contributed by atoms with E-state index in [-0.39, 0.29) is 0 Å². The fourth-order valence-corrected chi connectivity index (χ4v) is 3.31. The van der Waals surface area contributed by atoms with Crippen molar-refractivity contribution in [2.24, 2.45) is 0 Å². The second-order valence-electron chi connectivity index (χ2n) is 5.56. The van der Waals surface area contributed by atoms with Crippen LogP contribution in [0.15, 0.2) is 60.9 Å². The Labute approximate surface area is 132 Å². The molecule has 23 heavy (non-hydrogen) atoms. The first-order valence-electron chi connectivity index (χ1n) is 7.47. The monoisotopic (exact) mass is 299 g/mol. The molecule has 0 spiro atoms. The van der Waals surface area contributed by atoms with Crippen LogP contribution in [0.1, 0.15) is 0 Å². The minimum atomic E-state index is 0.828. The van der Waals surface area contributed by atoms with Crippen molar-refractivity contribution in [3.05, 3.63) is 60.9 Å². The van der Waals surface area contributed by atoms with Crippen LogP contribution in [0.3, 0.4) is 0 Å². The van der Waals surface area contributed by atoms with E-state index in [1.165, 1.54) is 0 Å². The van der Waals surface area contributed by atoms with Crippen molar-refractivity contribution < 1.29 is 4.74 Å². The van der Waals surface area contributed by atoms with Gasteiger partial charge in [0.05, 0.1) is 23.7 Å². The summed E-state index contributed by atoms with van der Waals surface area (Å²) in [6, 6.07) is 16.3. The van der Waals surface area contributed by atoms with Gasteiger partial charge in [0.25, 0.3) is 0 Å². The van der Waals surface area contributed by atoms with E-state index < -0.39 is 0 Å². The lowest BCUT2D eigenvalue weighted by atomic mass is 10.1. The summed E-state index contributed by atoms with van der Waals surface area (Å²) in [5, 5.41) is 3.32. The molecule has 0 saturated heterocycles. The second-order valence-corrected chi connectivity index (χ2v) is 5.56. The predicted octanol–water partition coefficient (Wildman–Crippen LogP) is 4.20. The van der Waals surface area contributed by atoms with E-state index in [9.17, 15) is 0 Å². The number of para-hydroxylation sites is 2. The van der Waals surface area contributed by atoms with Crippen molar-refractivity contribution in [3.63, 3.8) is 0 Å². The van der Waals surface area contributed by atoms with Gasteiger partial charge in [0, 0.05) is 23.2 Å². The highest BCUT2D eigenvalue weighted by atomic mass is 16.5. The van der Waals surface area contributed by atoms with Gasteiger partial charge in [-0.3, -0.25) is 9.38 Å². The van der Waals surface area contributed by atoms with E-state index in [1.54, 1.807) is 7.11 Å². The van der Waals surface area contributed by atoms with Crippen LogP contribution >= 0.6 is 0 Å². The summed E-state index contributed by atoms with van der Waals surface area (Å²) in [5.41, 5.74) is 4.14. The SMILES string of the molecule is COc1ccc2c3cnccc3n3c4ccccc4nc3c2c1. The minimum absolute atomic E-state index is 0.828. The summed E-state index contributed by atoms with van der Waals surface area (Å²) in [5.74, 6) is 0.828. The molecule has 0 saturated carbocycles. The molecule has 0 unspecified atom stereocenters. The van der Waals surface area contributed by atoms with Crippen molar-refractivity contribution in [1.82, 2.24) is 14.4 Å². The fourth-order valence-electron chi connectivity index (χ4n) is 3.31. The van der Waals surface area contributed by atoms with Gasteiger partial charge in [-0.15, -0.1) is 0 Å². The lowest BCUT2D eigenvalue weighted by Crippen LogP contribution is -1.92. The van der Waals surface area contributed by atoms with Crippen LogP contribution in [0.4, 0.5) is 0 Å². The molecular weight excluding hydrogens is 286 g/mol. The first-order chi connectivity index (χ1) is 11.4. The molecule has 3 heterocycles.